The summed E-state index contributed by atoms with van der Waals surface area (Å²) in [5.41, 5.74) is 5.55. The molecule has 3 atom stereocenters. The predicted molar refractivity (Wildman–Crippen MR) is 70.1 cm³/mol. The number of aromatic nitrogens is 1. The van der Waals surface area contributed by atoms with Gasteiger partial charge in [-0.05, 0) is 6.07 Å². The fraction of sp³-hybridized carbons (Fsp3) is 0.462. The first-order valence-corrected chi connectivity index (χ1v) is 6.29. The number of carbonyl (C=O) groups is 2. The van der Waals surface area contributed by atoms with Gasteiger partial charge in [-0.1, -0.05) is 0 Å². The molecule has 1 saturated heterocycles. The summed E-state index contributed by atoms with van der Waals surface area (Å²) in [5.74, 6) is -1.35. The Morgan fingerprint density at radius 1 is 1.52 bits per heavy atom. The molecule has 0 aromatic carbocycles. The zero-order valence-corrected chi connectivity index (χ0v) is 11.5. The number of nitrogens with two attached hydrogens (primary N) is 1. The van der Waals surface area contributed by atoms with Gasteiger partial charge < -0.3 is 25.8 Å². The molecule has 1 fully saturated rings. The van der Waals surface area contributed by atoms with Gasteiger partial charge in [0.25, 0.3) is 18.1 Å². The van der Waals surface area contributed by atoms with Gasteiger partial charge in [-0.25, -0.2) is 0 Å². The van der Waals surface area contributed by atoms with Crippen LogP contribution in [-0.4, -0.2) is 46.0 Å². The Balaban J connectivity index is 0.000000491. The maximum Gasteiger partial charge on any atom is 0.300 e. The first-order valence-electron chi connectivity index (χ1n) is 6.29. The Morgan fingerprint density at radius 3 is 2.62 bits per heavy atom. The molecule has 21 heavy (non-hydrogen) atoms. The van der Waals surface area contributed by atoms with Crippen molar-refractivity contribution in [1.29, 1.82) is 0 Å². The lowest BCUT2D eigenvalue weighted by molar-refractivity contribution is -0.759. The highest BCUT2D eigenvalue weighted by atomic mass is 16.5. The van der Waals surface area contributed by atoms with Crippen LogP contribution in [-0.2, 0) is 9.53 Å². The highest BCUT2D eigenvalue weighted by Gasteiger charge is 2.38. The summed E-state index contributed by atoms with van der Waals surface area (Å²) in [6, 6.07) is 3.29. The van der Waals surface area contributed by atoms with E-state index in [0.717, 1.165) is 6.92 Å². The summed E-state index contributed by atoms with van der Waals surface area (Å²) in [6.07, 6.45) is 2.00. The van der Waals surface area contributed by atoms with Crippen LogP contribution in [0.3, 0.4) is 0 Å². The van der Waals surface area contributed by atoms with Crippen LogP contribution in [0.15, 0.2) is 24.5 Å². The Morgan fingerprint density at radius 2 is 2.14 bits per heavy atom. The van der Waals surface area contributed by atoms with Crippen LogP contribution >= 0.6 is 0 Å². The van der Waals surface area contributed by atoms with Crippen molar-refractivity contribution in [2.45, 2.75) is 31.8 Å². The minimum atomic E-state index is -0.833. The molecule has 8 nitrogen and oxygen atoms in total. The number of primary amides is 1. The second-order valence-electron chi connectivity index (χ2n) is 4.54. The van der Waals surface area contributed by atoms with E-state index in [1.165, 1.54) is 0 Å². The van der Waals surface area contributed by atoms with Crippen molar-refractivity contribution in [3.05, 3.63) is 30.1 Å². The van der Waals surface area contributed by atoms with E-state index in [0.29, 0.717) is 12.0 Å². The second-order valence-corrected chi connectivity index (χ2v) is 4.54. The van der Waals surface area contributed by atoms with Crippen LogP contribution in [0.4, 0.5) is 0 Å². The molecule has 1 aromatic heterocycles. The Labute approximate surface area is 121 Å². The average molecular weight is 299 g/mol. The molecule has 0 saturated carbocycles. The monoisotopic (exact) mass is 299 g/mol. The number of aliphatic hydroxyl groups is 2. The van der Waals surface area contributed by atoms with Gasteiger partial charge in [0.15, 0.2) is 12.4 Å². The molecule has 0 radical (unpaired) electrons. The number of hydrogen-bond donors (Lipinski definition) is 4. The molecule has 1 aliphatic rings. The molecular formula is C13H19N2O6+. The summed E-state index contributed by atoms with van der Waals surface area (Å²) >= 11 is 0. The Hall–Kier alpha value is -2.03. The normalized spacial score (nSPS) is 24.0. The van der Waals surface area contributed by atoms with E-state index in [4.69, 9.17) is 25.5 Å². The van der Waals surface area contributed by atoms with Crippen molar-refractivity contribution >= 4 is 11.9 Å². The minimum absolute atomic E-state index is 0.228. The zero-order valence-electron chi connectivity index (χ0n) is 11.5. The van der Waals surface area contributed by atoms with E-state index >= 15 is 0 Å². The standard InChI is InChI=1S/C11H14N2O4.C2H4O2/c12-11(16)7-2-1-3-13(5-7)10-4-8(15)9(6-14)17-10;1-2(3)4/h1-3,5,8-10,14-15H,4,6H2,(H-,12,16);1H3,(H,3,4)/p+1. The maximum atomic E-state index is 11.0. The van der Waals surface area contributed by atoms with Gasteiger partial charge in [0.05, 0.1) is 19.1 Å². The number of aliphatic hydroxyl groups excluding tert-OH is 2. The number of rotatable bonds is 3. The lowest BCUT2D eigenvalue weighted by Crippen LogP contribution is -2.40. The maximum absolute atomic E-state index is 11.0. The van der Waals surface area contributed by atoms with Crippen molar-refractivity contribution in [2.24, 2.45) is 5.73 Å². The third-order valence-electron chi connectivity index (χ3n) is 2.82. The van der Waals surface area contributed by atoms with Gasteiger partial charge in [-0.2, -0.15) is 4.57 Å². The number of ether oxygens (including phenoxy) is 1. The number of amides is 1. The van der Waals surface area contributed by atoms with Crippen molar-refractivity contribution < 1.29 is 34.2 Å². The molecule has 8 heteroatoms. The van der Waals surface area contributed by atoms with Gasteiger partial charge in [0, 0.05) is 13.0 Å². The Kier molecular flexibility index (Phi) is 6.22. The van der Waals surface area contributed by atoms with Gasteiger partial charge in [-0.3, -0.25) is 9.59 Å². The van der Waals surface area contributed by atoms with Crippen molar-refractivity contribution in [1.82, 2.24) is 0 Å². The van der Waals surface area contributed by atoms with Gasteiger partial charge in [-0.15, -0.1) is 0 Å². The van der Waals surface area contributed by atoms with E-state index < -0.39 is 24.1 Å². The van der Waals surface area contributed by atoms with E-state index in [9.17, 15) is 9.90 Å². The van der Waals surface area contributed by atoms with Crippen molar-refractivity contribution in [3.8, 4) is 0 Å². The summed E-state index contributed by atoms with van der Waals surface area (Å²) in [4.78, 5) is 20.0. The lowest BCUT2D eigenvalue weighted by atomic mass is 10.2. The second kappa shape index (κ2) is 7.67. The quantitative estimate of drug-likeness (QED) is 0.518. The molecule has 0 bridgehead atoms. The number of aliphatic carboxylic acids is 1. The topological polar surface area (TPSA) is 134 Å². The van der Waals surface area contributed by atoms with E-state index in [2.05, 4.69) is 0 Å². The van der Waals surface area contributed by atoms with Crippen LogP contribution in [0.5, 0.6) is 0 Å². The van der Waals surface area contributed by atoms with Crippen molar-refractivity contribution in [2.75, 3.05) is 6.61 Å². The number of carboxylic acid groups (broad SMARTS) is 1. The Bertz CT molecular complexity index is 503. The zero-order chi connectivity index (χ0) is 16.0. The fourth-order valence-corrected chi connectivity index (χ4v) is 1.88. The number of carbonyl (C=O) groups excluding carboxylic acids is 1. The summed E-state index contributed by atoms with van der Waals surface area (Å²) in [7, 11) is 0. The predicted octanol–water partition coefficient (Wildman–Crippen LogP) is -1.20. The first kappa shape index (κ1) is 17.0. The average Bonchev–Trinajstić information content (AvgIpc) is 2.79. The van der Waals surface area contributed by atoms with Crippen LogP contribution in [0.1, 0.15) is 29.9 Å². The third kappa shape index (κ3) is 5.10. The summed E-state index contributed by atoms with van der Waals surface area (Å²) < 4.78 is 7.12. The molecule has 0 aliphatic carbocycles. The molecule has 2 rings (SSSR count). The van der Waals surface area contributed by atoms with Gasteiger partial charge in [0.1, 0.15) is 11.7 Å². The highest BCUT2D eigenvalue weighted by molar-refractivity contribution is 5.92. The van der Waals surface area contributed by atoms with Crippen LogP contribution in [0.25, 0.3) is 0 Å². The third-order valence-corrected chi connectivity index (χ3v) is 2.82. The SMILES string of the molecule is CC(=O)O.NC(=O)c1ccc[n+](C2CC(O)C(CO)O2)c1. The number of nitrogens with zero attached hydrogens (tertiary/aromatic N) is 1. The number of pyridine rings is 1. The molecular weight excluding hydrogens is 280 g/mol. The molecule has 3 unspecified atom stereocenters. The van der Waals surface area contributed by atoms with Crippen LogP contribution < -0.4 is 10.3 Å². The van der Waals surface area contributed by atoms with Crippen LogP contribution in [0, 0.1) is 0 Å². The summed E-state index contributed by atoms with van der Waals surface area (Å²) in [5, 5.41) is 26.0. The lowest BCUT2D eigenvalue weighted by Gasteiger charge is -2.08. The van der Waals surface area contributed by atoms with Crippen molar-refractivity contribution in [3.63, 3.8) is 0 Å². The minimum Gasteiger partial charge on any atom is -0.481 e. The van der Waals surface area contributed by atoms with Gasteiger partial charge in [0.2, 0.25) is 0 Å². The smallest absolute Gasteiger partial charge is 0.300 e. The summed E-state index contributed by atoms with van der Waals surface area (Å²) in [6.45, 7) is 0.855. The molecule has 1 aromatic rings. The molecule has 116 valence electrons. The number of hydrogen-bond acceptors (Lipinski definition) is 5. The molecule has 1 aliphatic heterocycles. The molecule has 2 heterocycles. The van der Waals surface area contributed by atoms with E-state index in [1.807, 2.05) is 0 Å². The molecule has 0 spiro atoms. The fourth-order valence-electron chi connectivity index (χ4n) is 1.88. The number of carboxylic acids is 1. The molecule has 1 amide bonds. The van der Waals surface area contributed by atoms with E-state index in [-0.39, 0.29) is 12.8 Å². The highest BCUT2D eigenvalue weighted by Crippen LogP contribution is 2.24. The van der Waals surface area contributed by atoms with Gasteiger partial charge >= 0.3 is 0 Å². The molecule has 5 N–H and O–H groups in total. The first-order chi connectivity index (χ1) is 9.85. The largest absolute Gasteiger partial charge is 0.481 e. The van der Waals surface area contributed by atoms with E-state index in [1.54, 1.807) is 29.1 Å². The van der Waals surface area contributed by atoms with Crippen LogP contribution in [0.2, 0.25) is 0 Å².